The van der Waals surface area contributed by atoms with Gasteiger partial charge in [0.2, 0.25) is 5.91 Å². The molecule has 0 spiro atoms. The van der Waals surface area contributed by atoms with Gasteiger partial charge in [0, 0.05) is 29.1 Å². The highest BCUT2D eigenvalue weighted by atomic mass is 16.1. The maximum Gasteiger partial charge on any atom is 0.254 e. The zero-order valence-electron chi connectivity index (χ0n) is 16.5. The van der Waals surface area contributed by atoms with E-state index < -0.39 is 0 Å². The average Bonchev–Trinajstić information content (AvgIpc) is 3.12. The Hall–Kier alpha value is -2.43. The third-order valence-electron chi connectivity index (χ3n) is 5.99. The number of aryl methyl sites for hydroxylation is 2. The Morgan fingerprint density at radius 2 is 1.89 bits per heavy atom. The van der Waals surface area contributed by atoms with Crippen LogP contribution in [0.3, 0.4) is 0 Å². The van der Waals surface area contributed by atoms with E-state index in [1.807, 2.05) is 13.0 Å². The zero-order chi connectivity index (χ0) is 19.4. The van der Waals surface area contributed by atoms with Gasteiger partial charge in [0.1, 0.15) is 5.82 Å². The summed E-state index contributed by atoms with van der Waals surface area (Å²) in [5.41, 5.74) is 2.48. The van der Waals surface area contributed by atoms with E-state index in [0.29, 0.717) is 29.9 Å². The first-order valence-corrected chi connectivity index (χ1v) is 9.84. The van der Waals surface area contributed by atoms with E-state index in [1.165, 1.54) is 18.4 Å². The van der Waals surface area contributed by atoms with Crippen LogP contribution >= 0.6 is 0 Å². The summed E-state index contributed by atoms with van der Waals surface area (Å²) >= 11 is 0. The topological polar surface area (TPSA) is 74.8 Å². The van der Waals surface area contributed by atoms with Crippen molar-refractivity contribution in [3.63, 3.8) is 0 Å². The van der Waals surface area contributed by atoms with Gasteiger partial charge in [-0.05, 0) is 45.6 Å². The van der Waals surface area contributed by atoms with Crippen LogP contribution in [-0.4, -0.2) is 21.9 Å². The fraction of sp³-hybridized carbons (Fsp3) is 0.500. The van der Waals surface area contributed by atoms with Crippen molar-refractivity contribution in [1.29, 1.82) is 0 Å². The lowest BCUT2D eigenvalue weighted by atomic mass is 9.73. The van der Waals surface area contributed by atoms with Crippen molar-refractivity contribution >= 4 is 5.91 Å². The second-order valence-electron chi connectivity index (χ2n) is 7.73. The molecule has 27 heavy (non-hydrogen) atoms. The SMILES string of the molecule is Cc1nc(C)c(CCC(=O)NC(C)C2(c3ccccc3)CCCC2)c(=O)[nH]1. The number of benzene rings is 1. The fourth-order valence-electron chi connectivity index (χ4n) is 4.48. The van der Waals surface area contributed by atoms with Gasteiger partial charge in [0.15, 0.2) is 0 Å². The summed E-state index contributed by atoms with van der Waals surface area (Å²) in [6.45, 7) is 5.69. The van der Waals surface area contributed by atoms with Crippen molar-refractivity contribution in [1.82, 2.24) is 15.3 Å². The van der Waals surface area contributed by atoms with E-state index in [0.717, 1.165) is 12.8 Å². The summed E-state index contributed by atoms with van der Waals surface area (Å²) in [7, 11) is 0. The van der Waals surface area contributed by atoms with Gasteiger partial charge >= 0.3 is 0 Å². The number of hydrogen-bond donors (Lipinski definition) is 2. The maximum atomic E-state index is 12.6. The normalized spacial score (nSPS) is 16.9. The lowest BCUT2D eigenvalue weighted by Crippen LogP contribution is -2.47. The van der Waals surface area contributed by atoms with E-state index in [2.05, 4.69) is 46.5 Å². The molecular formula is C22H29N3O2. The molecule has 1 aliphatic rings. The number of hydrogen-bond acceptors (Lipinski definition) is 3. The molecular weight excluding hydrogens is 338 g/mol. The van der Waals surface area contributed by atoms with Gasteiger partial charge in [-0.1, -0.05) is 43.2 Å². The molecule has 1 fully saturated rings. The number of H-pyrrole nitrogens is 1. The van der Waals surface area contributed by atoms with Crippen LogP contribution < -0.4 is 10.9 Å². The van der Waals surface area contributed by atoms with Crippen molar-refractivity contribution in [2.45, 2.75) is 70.8 Å². The van der Waals surface area contributed by atoms with E-state index in [-0.39, 0.29) is 22.9 Å². The smallest absolute Gasteiger partial charge is 0.254 e. The molecule has 1 heterocycles. The van der Waals surface area contributed by atoms with Gasteiger partial charge < -0.3 is 10.3 Å². The Bertz CT molecular complexity index is 852. The lowest BCUT2D eigenvalue weighted by molar-refractivity contribution is -0.122. The number of aromatic amines is 1. The van der Waals surface area contributed by atoms with E-state index in [9.17, 15) is 9.59 Å². The van der Waals surface area contributed by atoms with Gasteiger partial charge in [0.25, 0.3) is 5.56 Å². The molecule has 1 aromatic heterocycles. The first-order valence-electron chi connectivity index (χ1n) is 9.84. The Labute approximate surface area is 160 Å². The molecule has 2 aromatic rings. The molecule has 0 saturated heterocycles. The van der Waals surface area contributed by atoms with Crippen molar-refractivity contribution in [2.75, 3.05) is 0 Å². The number of carbonyl (C=O) groups excluding carboxylic acids is 1. The number of nitrogens with zero attached hydrogens (tertiary/aromatic N) is 1. The minimum absolute atomic E-state index is 0.00965. The van der Waals surface area contributed by atoms with Crippen LogP contribution in [0.5, 0.6) is 0 Å². The third-order valence-corrected chi connectivity index (χ3v) is 5.99. The molecule has 0 radical (unpaired) electrons. The molecule has 1 aliphatic carbocycles. The zero-order valence-corrected chi connectivity index (χ0v) is 16.5. The molecule has 1 unspecified atom stereocenters. The largest absolute Gasteiger partial charge is 0.353 e. The van der Waals surface area contributed by atoms with Crippen LogP contribution in [-0.2, 0) is 16.6 Å². The molecule has 1 atom stereocenters. The van der Waals surface area contributed by atoms with Crippen molar-refractivity contribution in [2.24, 2.45) is 0 Å². The number of nitrogens with one attached hydrogen (secondary N) is 2. The van der Waals surface area contributed by atoms with Crippen LogP contribution in [0.1, 0.15) is 61.7 Å². The first-order chi connectivity index (χ1) is 12.9. The standard InChI is InChI=1S/C22H29N3O2/c1-15-19(21(27)25-17(3)23-15)11-12-20(26)24-16(2)22(13-7-8-14-22)18-9-5-4-6-10-18/h4-6,9-10,16H,7-8,11-14H2,1-3H3,(H,24,26)(H,23,25,27). The quantitative estimate of drug-likeness (QED) is 0.822. The highest BCUT2D eigenvalue weighted by Gasteiger charge is 2.41. The molecule has 0 bridgehead atoms. The van der Waals surface area contributed by atoms with Crippen LogP contribution in [0.15, 0.2) is 35.1 Å². The molecule has 2 N–H and O–H groups in total. The summed E-state index contributed by atoms with van der Waals surface area (Å²) in [5.74, 6) is 0.592. The highest BCUT2D eigenvalue weighted by Crippen LogP contribution is 2.43. The molecule has 5 heteroatoms. The third kappa shape index (κ3) is 4.12. The number of rotatable bonds is 6. The Morgan fingerprint density at radius 1 is 1.22 bits per heavy atom. The molecule has 1 saturated carbocycles. The Balaban J connectivity index is 1.68. The number of carbonyl (C=O) groups is 1. The van der Waals surface area contributed by atoms with E-state index >= 15 is 0 Å². The lowest BCUT2D eigenvalue weighted by Gasteiger charge is -2.36. The molecule has 1 aromatic carbocycles. The minimum atomic E-state index is -0.141. The minimum Gasteiger partial charge on any atom is -0.353 e. The molecule has 5 nitrogen and oxygen atoms in total. The Morgan fingerprint density at radius 3 is 2.52 bits per heavy atom. The summed E-state index contributed by atoms with van der Waals surface area (Å²) in [6.07, 6.45) is 5.28. The van der Waals surface area contributed by atoms with Gasteiger partial charge in [-0.3, -0.25) is 9.59 Å². The first kappa shape index (κ1) is 19.3. The van der Waals surface area contributed by atoms with Gasteiger partial charge in [-0.2, -0.15) is 0 Å². The number of aromatic nitrogens is 2. The summed E-state index contributed by atoms with van der Waals surface area (Å²) in [6, 6.07) is 10.6. The predicted molar refractivity (Wildman–Crippen MR) is 107 cm³/mol. The summed E-state index contributed by atoms with van der Waals surface area (Å²) in [4.78, 5) is 31.7. The number of amides is 1. The molecule has 0 aliphatic heterocycles. The Kier molecular flexibility index (Phi) is 5.78. The second kappa shape index (κ2) is 8.07. The predicted octanol–water partition coefficient (Wildman–Crippen LogP) is 3.34. The van der Waals surface area contributed by atoms with Gasteiger partial charge in [-0.15, -0.1) is 0 Å². The highest BCUT2D eigenvalue weighted by molar-refractivity contribution is 5.76. The molecule has 144 valence electrons. The summed E-state index contributed by atoms with van der Waals surface area (Å²) < 4.78 is 0. The summed E-state index contributed by atoms with van der Waals surface area (Å²) in [5, 5.41) is 3.21. The fourth-order valence-corrected chi connectivity index (χ4v) is 4.48. The van der Waals surface area contributed by atoms with Crippen molar-refractivity contribution < 1.29 is 4.79 Å². The van der Waals surface area contributed by atoms with Crippen molar-refractivity contribution in [3.05, 3.63) is 63.3 Å². The van der Waals surface area contributed by atoms with E-state index in [4.69, 9.17) is 0 Å². The maximum absolute atomic E-state index is 12.6. The van der Waals surface area contributed by atoms with E-state index in [1.54, 1.807) is 6.92 Å². The molecule has 1 amide bonds. The van der Waals surface area contributed by atoms with Crippen molar-refractivity contribution in [3.8, 4) is 0 Å². The van der Waals surface area contributed by atoms with Crippen LogP contribution in [0.4, 0.5) is 0 Å². The average molecular weight is 367 g/mol. The molecule has 3 rings (SSSR count). The monoisotopic (exact) mass is 367 g/mol. The van der Waals surface area contributed by atoms with Crippen LogP contribution in [0, 0.1) is 13.8 Å². The van der Waals surface area contributed by atoms with Gasteiger partial charge in [0.05, 0.1) is 0 Å². The van der Waals surface area contributed by atoms with Crippen LogP contribution in [0.2, 0.25) is 0 Å². The van der Waals surface area contributed by atoms with Crippen LogP contribution in [0.25, 0.3) is 0 Å². The van der Waals surface area contributed by atoms with Gasteiger partial charge in [-0.25, -0.2) is 4.98 Å². The second-order valence-corrected chi connectivity index (χ2v) is 7.73.